The molecule has 11 heteroatoms. The fourth-order valence-corrected chi connectivity index (χ4v) is 5.14. The standard InChI is InChI=1S/C28H26F3N3O4S/c1-4-37-24(35)17-38-23-15-14-22(16-18(23)2)39-25(19-8-6-5-7-9-19)26-32-34(27(36)33(26)3)21-12-10-20(11-13-21)28(29,30)31/h5-16,25H,4,17H2,1-3H3. The van der Waals surface area contributed by atoms with Crippen LogP contribution in [0.5, 0.6) is 5.75 Å². The van der Waals surface area contributed by atoms with Gasteiger partial charge in [0.25, 0.3) is 0 Å². The number of rotatable bonds is 9. The van der Waals surface area contributed by atoms with Gasteiger partial charge in [0.1, 0.15) is 5.75 Å². The molecule has 0 aliphatic carbocycles. The van der Waals surface area contributed by atoms with E-state index in [0.29, 0.717) is 11.6 Å². The fraction of sp³-hybridized carbons (Fsp3) is 0.250. The van der Waals surface area contributed by atoms with Gasteiger partial charge >= 0.3 is 17.8 Å². The van der Waals surface area contributed by atoms with Crippen LogP contribution in [0.4, 0.5) is 13.2 Å². The average molecular weight is 558 g/mol. The van der Waals surface area contributed by atoms with Crippen molar-refractivity contribution in [3.05, 3.63) is 106 Å². The van der Waals surface area contributed by atoms with E-state index >= 15 is 0 Å². The number of nitrogens with zero attached hydrogens (tertiary/aromatic N) is 3. The lowest BCUT2D eigenvalue weighted by Gasteiger charge is -2.17. The van der Waals surface area contributed by atoms with Crippen LogP contribution in [-0.2, 0) is 22.8 Å². The van der Waals surface area contributed by atoms with Crippen molar-refractivity contribution < 1.29 is 27.4 Å². The van der Waals surface area contributed by atoms with Gasteiger partial charge in [-0.05, 0) is 67.4 Å². The molecule has 0 aliphatic heterocycles. The Morgan fingerprint density at radius 1 is 1.05 bits per heavy atom. The molecular formula is C28H26F3N3O4S. The van der Waals surface area contributed by atoms with Gasteiger partial charge in [0.2, 0.25) is 0 Å². The highest BCUT2D eigenvalue weighted by atomic mass is 32.2. The minimum atomic E-state index is -4.48. The quantitative estimate of drug-likeness (QED) is 0.194. The molecule has 3 aromatic carbocycles. The molecule has 0 saturated carbocycles. The van der Waals surface area contributed by atoms with Crippen molar-refractivity contribution in [2.45, 2.75) is 30.2 Å². The number of ether oxygens (including phenoxy) is 2. The van der Waals surface area contributed by atoms with Crippen LogP contribution < -0.4 is 10.4 Å². The summed E-state index contributed by atoms with van der Waals surface area (Å²) in [6.45, 7) is 3.66. The smallest absolute Gasteiger partial charge is 0.416 e. The number of alkyl halides is 3. The molecule has 4 aromatic rings. The zero-order valence-corrected chi connectivity index (χ0v) is 22.3. The summed E-state index contributed by atoms with van der Waals surface area (Å²) in [5, 5.41) is 4.13. The molecule has 7 nitrogen and oxygen atoms in total. The number of esters is 1. The Bertz CT molecular complexity index is 1500. The second-order valence-electron chi connectivity index (χ2n) is 8.59. The average Bonchev–Trinajstić information content (AvgIpc) is 3.21. The summed E-state index contributed by atoms with van der Waals surface area (Å²) in [7, 11) is 1.58. The zero-order chi connectivity index (χ0) is 28.2. The Morgan fingerprint density at radius 3 is 2.36 bits per heavy atom. The molecule has 0 N–H and O–H groups in total. The minimum Gasteiger partial charge on any atom is -0.482 e. The van der Waals surface area contributed by atoms with Crippen LogP contribution in [0.2, 0.25) is 0 Å². The van der Waals surface area contributed by atoms with Gasteiger partial charge in [0.15, 0.2) is 12.4 Å². The number of carbonyl (C=O) groups excluding carboxylic acids is 1. The number of hydrogen-bond donors (Lipinski definition) is 0. The molecule has 4 rings (SSSR count). The first-order valence-electron chi connectivity index (χ1n) is 12.0. The molecular weight excluding hydrogens is 531 g/mol. The Kier molecular flexibility index (Phi) is 8.49. The van der Waals surface area contributed by atoms with E-state index in [2.05, 4.69) is 5.10 Å². The monoisotopic (exact) mass is 557 g/mol. The minimum absolute atomic E-state index is 0.197. The van der Waals surface area contributed by atoms with Crippen LogP contribution in [-0.4, -0.2) is 33.5 Å². The van der Waals surface area contributed by atoms with Crippen LogP contribution in [0.3, 0.4) is 0 Å². The number of hydrogen-bond acceptors (Lipinski definition) is 6. The lowest BCUT2D eigenvalue weighted by atomic mass is 10.1. The number of aromatic nitrogens is 3. The summed E-state index contributed by atoms with van der Waals surface area (Å²) in [4.78, 5) is 25.6. The highest BCUT2D eigenvalue weighted by molar-refractivity contribution is 7.99. The van der Waals surface area contributed by atoms with Crippen molar-refractivity contribution >= 4 is 17.7 Å². The molecule has 0 radical (unpaired) electrons. The molecule has 0 fully saturated rings. The lowest BCUT2D eigenvalue weighted by molar-refractivity contribution is -0.145. The van der Waals surface area contributed by atoms with Gasteiger partial charge in [-0.15, -0.1) is 16.9 Å². The van der Waals surface area contributed by atoms with Crippen molar-refractivity contribution in [1.29, 1.82) is 0 Å². The first-order valence-corrected chi connectivity index (χ1v) is 12.9. The van der Waals surface area contributed by atoms with E-state index in [1.807, 2.05) is 49.4 Å². The largest absolute Gasteiger partial charge is 0.482 e. The van der Waals surface area contributed by atoms with Crippen LogP contribution in [0, 0.1) is 6.92 Å². The molecule has 0 saturated heterocycles. The summed E-state index contributed by atoms with van der Waals surface area (Å²) < 4.78 is 52.0. The summed E-state index contributed by atoms with van der Waals surface area (Å²) in [5.41, 5.74) is 0.629. The van der Waals surface area contributed by atoms with Crippen molar-refractivity contribution in [3.63, 3.8) is 0 Å². The van der Waals surface area contributed by atoms with Gasteiger partial charge in [-0.2, -0.15) is 17.9 Å². The van der Waals surface area contributed by atoms with Gasteiger partial charge < -0.3 is 9.47 Å². The summed E-state index contributed by atoms with van der Waals surface area (Å²) in [6, 6.07) is 19.3. The van der Waals surface area contributed by atoms with Crippen molar-refractivity contribution in [3.8, 4) is 11.4 Å². The maximum Gasteiger partial charge on any atom is 0.416 e. The van der Waals surface area contributed by atoms with Gasteiger partial charge in [0, 0.05) is 11.9 Å². The van der Waals surface area contributed by atoms with Crippen LogP contribution >= 0.6 is 11.8 Å². The molecule has 204 valence electrons. The SMILES string of the molecule is CCOC(=O)COc1ccc(SC(c2ccccc2)c2nn(-c3ccc(C(F)(F)F)cc3)c(=O)n2C)cc1C. The Hall–Kier alpha value is -3.99. The van der Waals surface area contributed by atoms with E-state index in [-0.39, 0.29) is 18.9 Å². The predicted molar refractivity (Wildman–Crippen MR) is 141 cm³/mol. The molecule has 39 heavy (non-hydrogen) atoms. The van der Waals surface area contributed by atoms with Crippen LogP contribution in [0.1, 0.15) is 34.7 Å². The predicted octanol–water partition coefficient (Wildman–Crippen LogP) is 5.72. The second-order valence-corrected chi connectivity index (χ2v) is 9.76. The van der Waals surface area contributed by atoms with Crippen molar-refractivity contribution in [1.82, 2.24) is 14.3 Å². The third-order valence-electron chi connectivity index (χ3n) is 5.84. The third-order valence-corrected chi connectivity index (χ3v) is 7.09. The molecule has 1 atom stereocenters. The van der Waals surface area contributed by atoms with Crippen molar-refractivity contribution in [2.75, 3.05) is 13.2 Å². The van der Waals surface area contributed by atoms with E-state index in [4.69, 9.17) is 9.47 Å². The van der Waals surface area contributed by atoms with Crippen LogP contribution in [0.15, 0.2) is 82.5 Å². The van der Waals surface area contributed by atoms with Gasteiger partial charge in [-0.25, -0.2) is 9.59 Å². The van der Waals surface area contributed by atoms with Crippen LogP contribution in [0.25, 0.3) is 5.69 Å². The number of halogens is 3. The lowest BCUT2D eigenvalue weighted by Crippen LogP contribution is -2.22. The number of thioether (sulfide) groups is 1. The summed E-state index contributed by atoms with van der Waals surface area (Å²) in [6.07, 6.45) is -4.48. The van der Waals surface area contributed by atoms with E-state index in [9.17, 15) is 22.8 Å². The highest BCUT2D eigenvalue weighted by Gasteiger charge is 2.30. The molecule has 1 heterocycles. The summed E-state index contributed by atoms with van der Waals surface area (Å²) >= 11 is 1.46. The highest BCUT2D eigenvalue weighted by Crippen LogP contribution is 2.40. The number of benzene rings is 3. The number of carbonyl (C=O) groups is 1. The fourth-order valence-electron chi connectivity index (χ4n) is 3.87. The second kappa shape index (κ2) is 11.8. The van der Waals surface area contributed by atoms with Gasteiger partial charge in [0.05, 0.1) is 23.1 Å². The first-order chi connectivity index (χ1) is 18.6. The maximum atomic E-state index is 13.1. The van der Waals surface area contributed by atoms with E-state index < -0.39 is 28.6 Å². The molecule has 0 bridgehead atoms. The molecule has 1 unspecified atom stereocenters. The Morgan fingerprint density at radius 2 is 1.74 bits per heavy atom. The van der Waals surface area contributed by atoms with Gasteiger partial charge in [-0.3, -0.25) is 4.57 Å². The number of aryl methyl sites for hydroxylation is 1. The summed E-state index contributed by atoms with van der Waals surface area (Å²) in [5.74, 6) is 0.517. The normalized spacial score (nSPS) is 12.3. The topological polar surface area (TPSA) is 75.3 Å². The Labute approximate surface area is 227 Å². The van der Waals surface area contributed by atoms with Crippen molar-refractivity contribution in [2.24, 2.45) is 7.05 Å². The van der Waals surface area contributed by atoms with Gasteiger partial charge in [-0.1, -0.05) is 30.3 Å². The molecule has 1 aromatic heterocycles. The molecule has 0 amide bonds. The van der Waals surface area contributed by atoms with E-state index in [1.54, 1.807) is 20.0 Å². The third kappa shape index (κ3) is 6.54. The maximum absolute atomic E-state index is 13.1. The molecule has 0 aliphatic rings. The Balaban J connectivity index is 1.66. The molecule has 0 spiro atoms. The zero-order valence-electron chi connectivity index (χ0n) is 21.4. The first kappa shape index (κ1) is 28.0. The van der Waals surface area contributed by atoms with E-state index in [0.717, 1.165) is 32.8 Å². The van der Waals surface area contributed by atoms with E-state index in [1.165, 1.54) is 28.5 Å².